The molecule has 1 saturated heterocycles. The predicted octanol–water partition coefficient (Wildman–Crippen LogP) is 4.61. The van der Waals surface area contributed by atoms with Crippen molar-refractivity contribution in [2.45, 2.75) is 58.0 Å². The Hall–Kier alpha value is -3.56. The quantitative estimate of drug-likeness (QED) is 0.545. The van der Waals surface area contributed by atoms with Gasteiger partial charge in [-0.2, -0.15) is 0 Å². The third kappa shape index (κ3) is 7.49. The van der Waals surface area contributed by atoms with Gasteiger partial charge < -0.3 is 20.3 Å². The molecule has 2 aromatic rings. The molecule has 0 aliphatic carbocycles. The molecule has 1 aliphatic heterocycles. The molecule has 1 aromatic heterocycles. The summed E-state index contributed by atoms with van der Waals surface area (Å²) in [6.07, 6.45) is -1.12. The number of carbonyl (C=O) groups excluding carboxylic acids is 3. The van der Waals surface area contributed by atoms with Crippen LogP contribution in [0.3, 0.4) is 0 Å². The van der Waals surface area contributed by atoms with Gasteiger partial charge in [-0.25, -0.2) is 18.6 Å². The van der Waals surface area contributed by atoms with E-state index < -0.39 is 41.8 Å². The van der Waals surface area contributed by atoms with Crippen molar-refractivity contribution in [3.8, 4) is 0 Å². The summed E-state index contributed by atoms with van der Waals surface area (Å²) in [6.45, 7) is 6.81. The lowest BCUT2D eigenvalue weighted by Gasteiger charge is -2.38. The Bertz CT molecular complexity index is 1150. The van der Waals surface area contributed by atoms with E-state index in [2.05, 4.69) is 15.6 Å². The minimum Gasteiger partial charge on any atom is -0.444 e. The molecule has 0 saturated carbocycles. The minimum absolute atomic E-state index is 0.0253. The number of amides is 3. The summed E-state index contributed by atoms with van der Waals surface area (Å²) < 4.78 is 34.6. The third-order valence-electron chi connectivity index (χ3n) is 6.49. The number of halogens is 2. The summed E-state index contributed by atoms with van der Waals surface area (Å²) in [4.78, 5) is 43.5. The summed E-state index contributed by atoms with van der Waals surface area (Å²) in [7, 11) is 1.47. The van der Waals surface area contributed by atoms with Crippen LogP contribution in [0, 0.1) is 5.92 Å². The second kappa shape index (κ2) is 11.9. The molecule has 206 valence electrons. The monoisotopic (exact) mass is 530 g/mol. The lowest BCUT2D eigenvalue weighted by atomic mass is 9.90. The van der Waals surface area contributed by atoms with Gasteiger partial charge in [-0.05, 0) is 44.9 Å². The van der Waals surface area contributed by atoms with Crippen LogP contribution in [0.2, 0.25) is 0 Å². The van der Waals surface area contributed by atoms with Gasteiger partial charge in [0.1, 0.15) is 11.3 Å². The van der Waals surface area contributed by atoms with Gasteiger partial charge >= 0.3 is 6.09 Å². The van der Waals surface area contributed by atoms with E-state index >= 15 is 0 Å². The molecule has 1 aromatic carbocycles. The highest BCUT2D eigenvalue weighted by Gasteiger charge is 2.45. The molecule has 2 heterocycles. The first-order valence-corrected chi connectivity index (χ1v) is 12.7. The zero-order valence-corrected chi connectivity index (χ0v) is 22.5. The maximum absolute atomic E-state index is 14.6. The third-order valence-corrected chi connectivity index (χ3v) is 6.49. The van der Waals surface area contributed by atoms with E-state index in [1.54, 1.807) is 26.8 Å². The molecule has 1 fully saturated rings. The number of rotatable bonds is 7. The molecule has 10 heteroatoms. The summed E-state index contributed by atoms with van der Waals surface area (Å²) in [5, 5.41) is 5.21. The fourth-order valence-electron chi connectivity index (χ4n) is 4.30. The predicted molar refractivity (Wildman–Crippen MR) is 139 cm³/mol. The van der Waals surface area contributed by atoms with E-state index in [9.17, 15) is 23.2 Å². The largest absolute Gasteiger partial charge is 0.444 e. The molecule has 2 atom stereocenters. The zero-order valence-electron chi connectivity index (χ0n) is 22.5. The van der Waals surface area contributed by atoms with Gasteiger partial charge in [0.25, 0.3) is 17.7 Å². The van der Waals surface area contributed by atoms with Crippen LogP contribution in [0.1, 0.15) is 78.6 Å². The first kappa shape index (κ1) is 29.0. The number of piperidine rings is 1. The van der Waals surface area contributed by atoms with Gasteiger partial charge in [-0.3, -0.25) is 9.59 Å². The van der Waals surface area contributed by atoms with Crippen LogP contribution in [0.4, 0.5) is 13.6 Å². The second-order valence-corrected chi connectivity index (χ2v) is 10.6. The van der Waals surface area contributed by atoms with E-state index in [0.29, 0.717) is 5.69 Å². The van der Waals surface area contributed by atoms with Crippen LogP contribution in [0.5, 0.6) is 0 Å². The number of aromatic nitrogens is 1. The normalized spacial score (nSPS) is 17.9. The minimum atomic E-state index is -2.97. The Morgan fingerprint density at radius 2 is 1.84 bits per heavy atom. The zero-order chi connectivity index (χ0) is 28.1. The molecule has 3 amide bonds. The second-order valence-electron chi connectivity index (χ2n) is 10.6. The molecule has 0 bridgehead atoms. The van der Waals surface area contributed by atoms with Crippen LogP contribution in [0.25, 0.3) is 0 Å². The summed E-state index contributed by atoms with van der Waals surface area (Å²) in [6, 6.07) is 12.5. The van der Waals surface area contributed by atoms with Crippen LogP contribution < -0.4 is 10.6 Å². The maximum atomic E-state index is 14.6. The fourth-order valence-corrected chi connectivity index (χ4v) is 4.30. The van der Waals surface area contributed by atoms with Crippen LogP contribution >= 0.6 is 0 Å². The number of carbonyl (C=O) groups is 3. The Kier molecular flexibility index (Phi) is 9.06. The number of pyridine rings is 1. The van der Waals surface area contributed by atoms with Crippen molar-refractivity contribution in [2.24, 2.45) is 5.92 Å². The first-order chi connectivity index (χ1) is 17.8. The smallest absolute Gasteiger partial charge is 0.410 e. The van der Waals surface area contributed by atoms with E-state index in [-0.39, 0.29) is 43.2 Å². The van der Waals surface area contributed by atoms with Crippen molar-refractivity contribution >= 4 is 17.9 Å². The lowest BCUT2D eigenvalue weighted by Crippen LogP contribution is -2.51. The lowest BCUT2D eigenvalue weighted by molar-refractivity contribution is -0.107. The first-order valence-electron chi connectivity index (χ1n) is 12.7. The number of ether oxygens (including phenoxy) is 1. The molecule has 8 nitrogen and oxygen atoms in total. The molecule has 1 aliphatic rings. The highest BCUT2D eigenvalue weighted by Crippen LogP contribution is 2.36. The summed E-state index contributed by atoms with van der Waals surface area (Å²) >= 11 is 0. The van der Waals surface area contributed by atoms with E-state index in [4.69, 9.17) is 4.74 Å². The van der Waals surface area contributed by atoms with Crippen molar-refractivity contribution in [2.75, 3.05) is 26.7 Å². The summed E-state index contributed by atoms with van der Waals surface area (Å²) in [5.41, 5.74) is 1.07. The molecular formula is C28H36F2N4O4. The molecular weight excluding hydrogens is 494 g/mol. The molecule has 2 N–H and O–H groups in total. The standard InChI is InChI=1S/C28H36F2N4O4/c1-18(19-9-7-6-8-10-19)22-15-20(16-23(33-22)25(36)31-5)24(35)32-13-11-21-17-34(14-12-28(21,29)30)26(37)38-27(2,3)4/h6-10,15-16,18,21H,11-14,17H2,1-5H3,(H,31,36)(H,32,35)/t18?,21-/m0/s1. The number of nitrogens with zero attached hydrogens (tertiary/aromatic N) is 2. The number of alkyl halides is 2. The summed E-state index contributed by atoms with van der Waals surface area (Å²) in [5.74, 6) is -5.22. The van der Waals surface area contributed by atoms with E-state index in [1.807, 2.05) is 37.3 Å². The Balaban J connectivity index is 1.70. The van der Waals surface area contributed by atoms with Gasteiger partial charge in [-0.15, -0.1) is 0 Å². The van der Waals surface area contributed by atoms with E-state index in [0.717, 1.165) is 5.56 Å². The van der Waals surface area contributed by atoms with Crippen molar-refractivity contribution in [1.82, 2.24) is 20.5 Å². The van der Waals surface area contributed by atoms with Crippen molar-refractivity contribution < 1.29 is 27.9 Å². The highest BCUT2D eigenvalue weighted by molar-refractivity contribution is 5.98. The van der Waals surface area contributed by atoms with Gasteiger partial charge in [-0.1, -0.05) is 37.3 Å². The SMILES string of the molecule is CNC(=O)c1cc(C(=O)NCC[C@H]2CN(C(=O)OC(C)(C)C)CCC2(F)F)cc(C(C)c2ccccc2)n1. The number of benzene rings is 1. The van der Waals surface area contributed by atoms with Gasteiger partial charge in [0.05, 0.1) is 0 Å². The molecule has 0 spiro atoms. The van der Waals surface area contributed by atoms with E-state index in [1.165, 1.54) is 18.0 Å². The molecule has 0 radical (unpaired) electrons. The average Bonchev–Trinajstić information content (AvgIpc) is 2.87. The number of hydrogen-bond acceptors (Lipinski definition) is 5. The molecule has 38 heavy (non-hydrogen) atoms. The van der Waals surface area contributed by atoms with Crippen LogP contribution in [0.15, 0.2) is 42.5 Å². The Morgan fingerprint density at radius 1 is 1.16 bits per heavy atom. The number of hydrogen-bond donors (Lipinski definition) is 2. The van der Waals surface area contributed by atoms with Crippen LogP contribution in [-0.4, -0.2) is 66.0 Å². The highest BCUT2D eigenvalue weighted by atomic mass is 19.3. The molecule has 1 unspecified atom stereocenters. The Labute approximate surface area is 222 Å². The number of likely N-dealkylation sites (tertiary alicyclic amines) is 1. The topological polar surface area (TPSA) is 101 Å². The van der Waals surface area contributed by atoms with Crippen LogP contribution in [-0.2, 0) is 4.74 Å². The maximum Gasteiger partial charge on any atom is 0.410 e. The van der Waals surface area contributed by atoms with Gasteiger partial charge in [0.2, 0.25) is 0 Å². The van der Waals surface area contributed by atoms with Crippen molar-refractivity contribution in [3.63, 3.8) is 0 Å². The van der Waals surface area contributed by atoms with Gasteiger partial charge in [0, 0.05) is 56.2 Å². The van der Waals surface area contributed by atoms with Crippen molar-refractivity contribution in [3.05, 3.63) is 65.0 Å². The fraction of sp³-hybridized carbons (Fsp3) is 0.500. The molecule has 3 rings (SSSR count). The number of nitrogens with one attached hydrogen (secondary N) is 2. The average molecular weight is 531 g/mol. The van der Waals surface area contributed by atoms with Crippen molar-refractivity contribution in [1.29, 1.82) is 0 Å². The Morgan fingerprint density at radius 3 is 2.47 bits per heavy atom. The van der Waals surface area contributed by atoms with Gasteiger partial charge in [0.15, 0.2) is 0 Å².